The van der Waals surface area contributed by atoms with E-state index in [0.29, 0.717) is 24.4 Å². The first kappa shape index (κ1) is 25.1. The average molecular weight is 519 g/mol. The minimum Gasteiger partial charge on any atom is -0.491 e. The highest BCUT2D eigenvalue weighted by Crippen LogP contribution is 2.44. The van der Waals surface area contributed by atoms with Crippen molar-refractivity contribution < 1.29 is 14.3 Å². The third-order valence-electron chi connectivity index (χ3n) is 8.56. The van der Waals surface area contributed by atoms with Gasteiger partial charge in [0.25, 0.3) is 0 Å². The number of nitrogens with zero attached hydrogens (tertiary/aromatic N) is 4. The lowest BCUT2D eigenvalue weighted by Crippen LogP contribution is -2.44. The van der Waals surface area contributed by atoms with E-state index in [-0.39, 0.29) is 23.7 Å². The van der Waals surface area contributed by atoms with Crippen LogP contribution in [0.4, 0.5) is 5.82 Å². The Morgan fingerprint density at radius 3 is 2.84 bits per heavy atom. The van der Waals surface area contributed by atoms with Crippen molar-refractivity contribution in [2.75, 3.05) is 25.4 Å². The molecule has 2 saturated heterocycles. The minimum absolute atomic E-state index is 0.0756. The second kappa shape index (κ2) is 9.85. The summed E-state index contributed by atoms with van der Waals surface area (Å²) in [5.74, 6) is 1.64. The first-order chi connectivity index (χ1) is 18.3. The first-order valence-electron chi connectivity index (χ1n) is 13.8. The molecule has 2 aromatic heterocycles. The van der Waals surface area contributed by atoms with Crippen LogP contribution in [0.1, 0.15) is 58.4 Å². The molecule has 4 N–H and O–H groups in total. The van der Waals surface area contributed by atoms with Gasteiger partial charge in [0.2, 0.25) is 5.91 Å². The van der Waals surface area contributed by atoms with Gasteiger partial charge in [0.1, 0.15) is 30.1 Å². The molecule has 1 aromatic carbocycles. The quantitative estimate of drug-likeness (QED) is 0.464. The average Bonchev–Trinajstić information content (AvgIpc) is 3.57. The van der Waals surface area contributed by atoms with Crippen LogP contribution in [0.2, 0.25) is 0 Å². The number of carbonyl (C=O) groups excluding carboxylic acids is 1. The summed E-state index contributed by atoms with van der Waals surface area (Å²) in [7, 11) is 0. The number of hydrogen-bond donors (Lipinski definition) is 2. The Morgan fingerprint density at radius 1 is 1.24 bits per heavy atom. The molecule has 3 aromatic rings. The third-order valence-corrected chi connectivity index (χ3v) is 8.56. The molecule has 0 bridgehead atoms. The maximum absolute atomic E-state index is 11.8. The largest absolute Gasteiger partial charge is 0.491 e. The van der Waals surface area contributed by atoms with Crippen LogP contribution in [0.25, 0.3) is 22.2 Å². The number of carbonyl (C=O) groups is 1. The number of nitrogen functional groups attached to an aromatic ring is 1. The van der Waals surface area contributed by atoms with E-state index in [1.54, 1.807) is 6.33 Å². The zero-order chi connectivity index (χ0) is 26.4. The summed E-state index contributed by atoms with van der Waals surface area (Å²) in [5.41, 5.74) is 14.8. The van der Waals surface area contributed by atoms with E-state index < -0.39 is 0 Å². The maximum atomic E-state index is 11.8. The molecule has 1 aliphatic carbocycles. The van der Waals surface area contributed by atoms with E-state index >= 15 is 0 Å². The van der Waals surface area contributed by atoms with Gasteiger partial charge < -0.3 is 25.5 Å². The lowest BCUT2D eigenvalue weighted by Gasteiger charge is -2.39. The molecular formula is C29H38N6O3. The first-order valence-corrected chi connectivity index (χ1v) is 13.8. The fraction of sp³-hybridized carbons (Fsp3) is 0.552. The molecule has 38 heavy (non-hydrogen) atoms. The van der Waals surface area contributed by atoms with Crippen LogP contribution >= 0.6 is 0 Å². The standard InChI is InChI=1S/C29H38N6O3/c1-29(2)9-8-22(38-29)16-37-21-6-3-5-19(13-21)23-15-35(28-25(23)26(30)32-17-33-28)20-11-18(12-20)14-34-10-4-7-24(34)27(31)36/h3,5-6,13,15,17-18,20,22,24H,4,7-12,14,16H2,1-2H3,(H2,31,36)(H2,30,32,33)/t18?,20?,22?,24-/m0/s1. The van der Waals surface area contributed by atoms with Crippen molar-refractivity contribution in [3.05, 3.63) is 36.8 Å². The van der Waals surface area contributed by atoms with Crippen LogP contribution in [0, 0.1) is 5.92 Å². The minimum atomic E-state index is -0.197. The normalized spacial score (nSPS) is 27.0. The van der Waals surface area contributed by atoms with Crippen LogP contribution in [0.5, 0.6) is 5.75 Å². The molecular weight excluding hydrogens is 480 g/mol. The van der Waals surface area contributed by atoms with Crippen LogP contribution < -0.4 is 16.2 Å². The molecule has 1 amide bonds. The molecule has 1 unspecified atom stereocenters. The Labute approximate surface area is 223 Å². The number of amides is 1. The number of fused-ring (bicyclic) bond motifs is 1. The van der Waals surface area contributed by atoms with Gasteiger partial charge in [0.15, 0.2) is 0 Å². The Morgan fingerprint density at radius 2 is 2.08 bits per heavy atom. The zero-order valence-electron chi connectivity index (χ0n) is 22.3. The van der Waals surface area contributed by atoms with Crippen LogP contribution in [0.15, 0.2) is 36.8 Å². The summed E-state index contributed by atoms with van der Waals surface area (Å²) in [6, 6.07) is 8.36. The SMILES string of the molecule is CC1(C)CCC(COc2cccc(-c3cn(C4CC(CN5CCC[C@H]5C(N)=O)C4)c4ncnc(N)c34)c2)O1. The molecule has 3 aliphatic rings. The number of rotatable bonds is 8. The summed E-state index contributed by atoms with van der Waals surface area (Å²) >= 11 is 0. The van der Waals surface area contributed by atoms with Crippen molar-refractivity contribution in [2.24, 2.45) is 11.7 Å². The Kier molecular flexibility index (Phi) is 6.52. The Balaban J connectivity index is 1.19. The van der Waals surface area contributed by atoms with Gasteiger partial charge in [-0.25, -0.2) is 9.97 Å². The second-order valence-electron chi connectivity index (χ2n) is 11.8. The molecule has 1 saturated carbocycles. The van der Waals surface area contributed by atoms with Gasteiger partial charge in [0, 0.05) is 24.3 Å². The van der Waals surface area contributed by atoms with Gasteiger partial charge in [0.05, 0.1) is 23.1 Å². The van der Waals surface area contributed by atoms with Gasteiger partial charge in [-0.2, -0.15) is 0 Å². The monoisotopic (exact) mass is 518 g/mol. The highest BCUT2D eigenvalue weighted by molar-refractivity contribution is 6.00. The fourth-order valence-electron chi connectivity index (χ4n) is 6.52. The molecule has 3 fully saturated rings. The predicted molar refractivity (Wildman–Crippen MR) is 147 cm³/mol. The van der Waals surface area contributed by atoms with Gasteiger partial charge in [-0.1, -0.05) is 12.1 Å². The van der Waals surface area contributed by atoms with Gasteiger partial charge in [-0.15, -0.1) is 0 Å². The van der Waals surface area contributed by atoms with Gasteiger partial charge in [-0.3, -0.25) is 9.69 Å². The summed E-state index contributed by atoms with van der Waals surface area (Å²) in [5, 5.41) is 0.877. The van der Waals surface area contributed by atoms with E-state index in [4.69, 9.17) is 20.9 Å². The van der Waals surface area contributed by atoms with Gasteiger partial charge >= 0.3 is 0 Å². The summed E-state index contributed by atoms with van der Waals surface area (Å²) in [6.45, 7) is 6.68. The number of ether oxygens (including phenoxy) is 2. The topological polar surface area (TPSA) is 122 Å². The maximum Gasteiger partial charge on any atom is 0.234 e. The number of benzene rings is 1. The predicted octanol–water partition coefficient (Wildman–Crippen LogP) is 3.92. The highest BCUT2D eigenvalue weighted by Gasteiger charge is 2.37. The molecule has 0 radical (unpaired) electrons. The lowest BCUT2D eigenvalue weighted by atomic mass is 9.79. The van der Waals surface area contributed by atoms with Crippen molar-refractivity contribution in [2.45, 2.75) is 76.2 Å². The van der Waals surface area contributed by atoms with Crippen molar-refractivity contribution in [3.8, 4) is 16.9 Å². The molecule has 4 heterocycles. The van der Waals surface area contributed by atoms with Crippen molar-refractivity contribution in [1.82, 2.24) is 19.4 Å². The number of hydrogen-bond acceptors (Lipinski definition) is 7. The smallest absolute Gasteiger partial charge is 0.234 e. The van der Waals surface area contributed by atoms with Crippen molar-refractivity contribution in [1.29, 1.82) is 0 Å². The molecule has 9 nitrogen and oxygen atoms in total. The van der Waals surface area contributed by atoms with Crippen LogP contribution in [-0.2, 0) is 9.53 Å². The van der Waals surface area contributed by atoms with E-state index in [0.717, 1.165) is 79.5 Å². The molecule has 6 rings (SSSR count). The molecule has 2 atom stereocenters. The summed E-state index contributed by atoms with van der Waals surface area (Å²) in [4.78, 5) is 23.0. The second-order valence-corrected chi connectivity index (χ2v) is 11.8. The Hall–Kier alpha value is -3.17. The number of primary amides is 1. The van der Waals surface area contributed by atoms with E-state index in [1.807, 2.05) is 12.1 Å². The summed E-state index contributed by atoms with van der Waals surface area (Å²) in [6.07, 6.45) is 9.88. The van der Waals surface area contributed by atoms with Crippen molar-refractivity contribution >= 4 is 22.8 Å². The van der Waals surface area contributed by atoms with E-state index in [2.05, 4.69) is 51.6 Å². The molecule has 9 heteroatoms. The number of nitrogens with two attached hydrogens (primary N) is 2. The third kappa shape index (κ3) is 4.85. The lowest BCUT2D eigenvalue weighted by molar-refractivity contribution is -0.122. The van der Waals surface area contributed by atoms with Crippen LogP contribution in [-0.4, -0.2) is 62.8 Å². The number of aromatic nitrogens is 3. The van der Waals surface area contributed by atoms with Gasteiger partial charge in [-0.05, 0) is 82.5 Å². The number of anilines is 1. The fourth-order valence-corrected chi connectivity index (χ4v) is 6.52. The van der Waals surface area contributed by atoms with E-state index in [9.17, 15) is 4.79 Å². The molecule has 0 spiro atoms. The highest BCUT2D eigenvalue weighted by atomic mass is 16.6. The zero-order valence-corrected chi connectivity index (χ0v) is 22.3. The molecule has 2 aliphatic heterocycles. The summed E-state index contributed by atoms with van der Waals surface area (Å²) < 4.78 is 14.5. The molecule has 202 valence electrons. The Bertz CT molecular complexity index is 1330. The van der Waals surface area contributed by atoms with Crippen molar-refractivity contribution in [3.63, 3.8) is 0 Å². The van der Waals surface area contributed by atoms with Crippen LogP contribution in [0.3, 0.4) is 0 Å². The van der Waals surface area contributed by atoms with E-state index in [1.165, 1.54) is 0 Å². The number of likely N-dealkylation sites (tertiary alicyclic amines) is 1.